The maximum Gasteiger partial charge on any atom is 0.140 e. The normalized spacial score (nSPS) is 19.8. The lowest BCUT2D eigenvalue weighted by atomic mass is 10.3. The van der Waals surface area contributed by atoms with Crippen molar-refractivity contribution in [1.29, 1.82) is 0 Å². The van der Waals surface area contributed by atoms with Crippen LogP contribution in [-0.2, 0) is 9.53 Å². The summed E-state index contributed by atoms with van der Waals surface area (Å²) in [4.78, 5) is 11.6. The number of morpholine rings is 1. The molecule has 4 nitrogen and oxygen atoms in total. The highest BCUT2D eigenvalue weighted by Crippen LogP contribution is 2.26. The summed E-state index contributed by atoms with van der Waals surface area (Å²) in [6, 6.07) is 6.10. The van der Waals surface area contributed by atoms with Gasteiger partial charge in [0.2, 0.25) is 0 Å². The van der Waals surface area contributed by atoms with E-state index in [2.05, 4.69) is 5.73 Å². The Hall–Kier alpha value is -0.950. The van der Waals surface area contributed by atoms with Crippen LogP contribution in [0.15, 0.2) is 29.2 Å². The van der Waals surface area contributed by atoms with Gasteiger partial charge < -0.3 is 15.3 Å². The molecule has 1 aliphatic heterocycles. The SMILES string of the molecule is CN.O=CC1COCCN1Sc1cccc(F)c1. The molecule has 100 valence electrons. The number of carbonyl (C=O) groups excluding carboxylic acids is 1. The zero-order valence-electron chi connectivity index (χ0n) is 10.2. The minimum absolute atomic E-state index is 0.248. The number of rotatable bonds is 3. The van der Waals surface area contributed by atoms with Gasteiger partial charge in [-0.05, 0) is 37.2 Å². The van der Waals surface area contributed by atoms with Gasteiger partial charge in [0.1, 0.15) is 12.1 Å². The standard InChI is InChI=1S/C11H12FNO2S.CH5N/c12-9-2-1-3-11(6-9)16-13-4-5-15-8-10(13)7-14;1-2/h1-3,6-7,10H,4-5,8H2;2H2,1H3. The number of halogens is 1. The second-order valence-electron chi connectivity index (χ2n) is 3.47. The molecular weight excluding hydrogens is 255 g/mol. The number of ether oxygens (including phenoxy) is 1. The molecule has 0 aromatic heterocycles. The van der Waals surface area contributed by atoms with Crippen LogP contribution >= 0.6 is 11.9 Å². The summed E-state index contributed by atoms with van der Waals surface area (Å²) < 4.78 is 20.1. The fourth-order valence-electron chi connectivity index (χ4n) is 1.49. The lowest BCUT2D eigenvalue weighted by Gasteiger charge is -2.30. The second kappa shape index (κ2) is 8.20. The minimum Gasteiger partial charge on any atom is -0.378 e. The summed E-state index contributed by atoms with van der Waals surface area (Å²) in [6.07, 6.45) is 0.867. The van der Waals surface area contributed by atoms with Gasteiger partial charge in [-0.15, -0.1) is 0 Å². The number of hydrogen-bond acceptors (Lipinski definition) is 5. The van der Waals surface area contributed by atoms with Gasteiger partial charge in [0, 0.05) is 11.4 Å². The van der Waals surface area contributed by atoms with Gasteiger partial charge in [0.15, 0.2) is 0 Å². The fraction of sp³-hybridized carbons (Fsp3) is 0.417. The molecule has 2 rings (SSSR count). The van der Waals surface area contributed by atoms with Crippen LogP contribution in [0, 0.1) is 5.82 Å². The first-order valence-corrected chi connectivity index (χ1v) is 6.38. The number of aldehydes is 1. The topological polar surface area (TPSA) is 55.6 Å². The van der Waals surface area contributed by atoms with Crippen molar-refractivity contribution in [2.75, 3.05) is 26.8 Å². The maximum atomic E-state index is 13.0. The molecule has 1 atom stereocenters. The number of hydrogen-bond donors (Lipinski definition) is 1. The van der Waals surface area contributed by atoms with Crippen LogP contribution < -0.4 is 5.73 Å². The first kappa shape index (κ1) is 15.1. The molecule has 1 unspecified atom stereocenters. The van der Waals surface area contributed by atoms with E-state index in [1.54, 1.807) is 6.07 Å². The summed E-state index contributed by atoms with van der Waals surface area (Å²) in [6.45, 7) is 1.68. The third kappa shape index (κ3) is 4.38. The van der Waals surface area contributed by atoms with E-state index in [1.807, 2.05) is 10.4 Å². The molecule has 0 bridgehead atoms. The lowest BCUT2D eigenvalue weighted by molar-refractivity contribution is -0.114. The van der Waals surface area contributed by atoms with Crippen LogP contribution in [-0.4, -0.2) is 43.4 Å². The predicted molar refractivity (Wildman–Crippen MR) is 69.7 cm³/mol. The Bertz CT molecular complexity index is 379. The molecule has 0 saturated carbocycles. The number of nitrogens with zero attached hydrogens (tertiary/aromatic N) is 1. The van der Waals surface area contributed by atoms with E-state index >= 15 is 0 Å². The third-order valence-electron chi connectivity index (χ3n) is 2.29. The first-order valence-electron chi connectivity index (χ1n) is 5.60. The Morgan fingerprint density at radius 3 is 3.00 bits per heavy atom. The van der Waals surface area contributed by atoms with E-state index in [-0.39, 0.29) is 11.9 Å². The molecule has 0 radical (unpaired) electrons. The zero-order chi connectivity index (χ0) is 13.4. The van der Waals surface area contributed by atoms with Crippen molar-refractivity contribution >= 4 is 18.2 Å². The van der Waals surface area contributed by atoms with Crippen LogP contribution in [0.5, 0.6) is 0 Å². The van der Waals surface area contributed by atoms with Crippen molar-refractivity contribution in [2.45, 2.75) is 10.9 Å². The average molecular weight is 272 g/mol. The lowest BCUT2D eigenvalue weighted by Crippen LogP contribution is -2.42. The zero-order valence-corrected chi connectivity index (χ0v) is 11.0. The third-order valence-corrected chi connectivity index (χ3v) is 3.44. The van der Waals surface area contributed by atoms with Crippen molar-refractivity contribution < 1.29 is 13.9 Å². The van der Waals surface area contributed by atoms with Gasteiger partial charge >= 0.3 is 0 Å². The summed E-state index contributed by atoms with van der Waals surface area (Å²) in [7, 11) is 1.50. The molecule has 18 heavy (non-hydrogen) atoms. The summed E-state index contributed by atoms with van der Waals surface area (Å²) in [5.41, 5.74) is 4.50. The van der Waals surface area contributed by atoms with E-state index in [0.29, 0.717) is 19.8 Å². The highest BCUT2D eigenvalue weighted by atomic mass is 32.2. The Labute approximate surface area is 110 Å². The van der Waals surface area contributed by atoms with Crippen molar-refractivity contribution in [3.63, 3.8) is 0 Å². The second-order valence-corrected chi connectivity index (χ2v) is 4.59. The Morgan fingerprint density at radius 2 is 2.33 bits per heavy atom. The van der Waals surface area contributed by atoms with Crippen molar-refractivity contribution in [2.24, 2.45) is 5.73 Å². The molecule has 1 aliphatic rings. The molecule has 6 heteroatoms. The minimum atomic E-state index is -0.263. The fourth-order valence-corrected chi connectivity index (χ4v) is 2.47. The van der Waals surface area contributed by atoms with Crippen LogP contribution in [0.4, 0.5) is 4.39 Å². The monoisotopic (exact) mass is 272 g/mol. The van der Waals surface area contributed by atoms with Crippen LogP contribution in [0.3, 0.4) is 0 Å². The molecule has 1 aromatic carbocycles. The summed E-state index contributed by atoms with van der Waals surface area (Å²) >= 11 is 1.39. The molecule has 1 heterocycles. The smallest absolute Gasteiger partial charge is 0.140 e. The van der Waals surface area contributed by atoms with Gasteiger partial charge in [-0.1, -0.05) is 6.07 Å². The van der Waals surface area contributed by atoms with Crippen LogP contribution in [0.25, 0.3) is 0 Å². The quantitative estimate of drug-likeness (QED) is 0.664. The van der Waals surface area contributed by atoms with E-state index in [9.17, 15) is 9.18 Å². The highest BCUT2D eigenvalue weighted by Gasteiger charge is 2.23. The molecule has 2 N–H and O–H groups in total. The largest absolute Gasteiger partial charge is 0.378 e. The van der Waals surface area contributed by atoms with E-state index < -0.39 is 0 Å². The Morgan fingerprint density at radius 1 is 1.56 bits per heavy atom. The number of carbonyl (C=O) groups is 1. The van der Waals surface area contributed by atoms with Gasteiger partial charge in [-0.25, -0.2) is 8.70 Å². The molecule has 1 aromatic rings. The van der Waals surface area contributed by atoms with Crippen LogP contribution in [0.1, 0.15) is 0 Å². The van der Waals surface area contributed by atoms with Gasteiger partial charge in [-0.3, -0.25) is 0 Å². The maximum absolute atomic E-state index is 13.0. The molecule has 0 aliphatic carbocycles. The number of nitrogens with two attached hydrogens (primary N) is 1. The van der Waals surface area contributed by atoms with Gasteiger partial charge in [0.05, 0.1) is 19.3 Å². The Balaban J connectivity index is 0.000000771. The van der Waals surface area contributed by atoms with E-state index in [0.717, 1.165) is 11.2 Å². The predicted octanol–water partition coefficient (Wildman–Crippen LogP) is 1.31. The molecule has 1 saturated heterocycles. The summed E-state index contributed by atoms with van der Waals surface area (Å²) in [5, 5.41) is 0. The highest BCUT2D eigenvalue weighted by molar-refractivity contribution is 7.97. The van der Waals surface area contributed by atoms with Crippen LogP contribution in [0.2, 0.25) is 0 Å². The average Bonchev–Trinajstić information content (AvgIpc) is 2.42. The van der Waals surface area contributed by atoms with Crippen molar-refractivity contribution in [3.05, 3.63) is 30.1 Å². The van der Waals surface area contributed by atoms with Gasteiger partial charge in [-0.2, -0.15) is 0 Å². The molecular formula is C12H17FN2O2S. The van der Waals surface area contributed by atoms with Gasteiger partial charge in [0.25, 0.3) is 0 Å². The van der Waals surface area contributed by atoms with Crippen molar-refractivity contribution in [1.82, 2.24) is 4.31 Å². The van der Waals surface area contributed by atoms with E-state index in [4.69, 9.17) is 4.74 Å². The summed E-state index contributed by atoms with van der Waals surface area (Å²) in [5.74, 6) is -0.263. The van der Waals surface area contributed by atoms with Crippen molar-refractivity contribution in [3.8, 4) is 0 Å². The number of benzene rings is 1. The molecule has 1 fully saturated rings. The first-order chi connectivity index (χ1) is 8.79. The van der Waals surface area contributed by atoms with E-state index in [1.165, 1.54) is 31.1 Å². The Kier molecular flexibility index (Phi) is 6.89. The molecule has 0 spiro atoms. The molecule has 0 amide bonds.